The van der Waals surface area contributed by atoms with Gasteiger partial charge in [0, 0.05) is 0 Å². The van der Waals surface area contributed by atoms with E-state index in [1.807, 2.05) is 39.0 Å². The molecule has 0 aliphatic heterocycles. The van der Waals surface area contributed by atoms with E-state index in [4.69, 9.17) is 10.00 Å². The van der Waals surface area contributed by atoms with Crippen LogP contribution in [0.5, 0.6) is 5.75 Å². The molecule has 0 aromatic heterocycles. The number of carbonyl (C=O) groups is 1. The number of hydrogen-bond acceptors (Lipinski definition) is 3. The van der Waals surface area contributed by atoms with Gasteiger partial charge in [0.2, 0.25) is 5.91 Å². The number of nitrogens with one attached hydrogen (secondary N) is 1. The first-order chi connectivity index (χ1) is 8.49. The highest BCUT2D eigenvalue weighted by atomic mass is 16.5. The molecule has 1 unspecified atom stereocenters. The molecule has 18 heavy (non-hydrogen) atoms. The second-order valence-electron chi connectivity index (χ2n) is 4.54. The van der Waals surface area contributed by atoms with Gasteiger partial charge in [0.05, 0.1) is 18.9 Å². The lowest BCUT2D eigenvalue weighted by atomic mass is 9.96. The van der Waals surface area contributed by atoms with Crippen LogP contribution in [0.1, 0.15) is 19.4 Å². The van der Waals surface area contributed by atoms with Crippen molar-refractivity contribution in [3.8, 4) is 11.8 Å². The number of amides is 1. The number of carbonyl (C=O) groups excluding carboxylic acids is 1. The Labute approximate surface area is 108 Å². The Bertz CT molecular complexity index is 475. The number of rotatable bonds is 4. The molecule has 1 aromatic rings. The first-order valence-electron chi connectivity index (χ1n) is 5.84. The minimum absolute atomic E-state index is 0.0224. The van der Waals surface area contributed by atoms with E-state index >= 15 is 0 Å². The number of nitrogens with zero attached hydrogens (tertiary/aromatic N) is 1. The summed E-state index contributed by atoms with van der Waals surface area (Å²) in [5.41, 5.74) is 1.62. The van der Waals surface area contributed by atoms with Crippen molar-refractivity contribution in [1.82, 2.24) is 0 Å². The molecule has 0 radical (unpaired) electrons. The number of anilines is 1. The smallest absolute Gasteiger partial charge is 0.242 e. The van der Waals surface area contributed by atoms with Gasteiger partial charge in [-0.3, -0.25) is 4.79 Å². The van der Waals surface area contributed by atoms with Crippen molar-refractivity contribution in [2.45, 2.75) is 20.8 Å². The molecule has 1 N–H and O–H groups in total. The first kappa shape index (κ1) is 14.0. The summed E-state index contributed by atoms with van der Waals surface area (Å²) in [6.07, 6.45) is 0. The van der Waals surface area contributed by atoms with E-state index in [1.165, 1.54) is 0 Å². The van der Waals surface area contributed by atoms with Crippen LogP contribution in [-0.4, -0.2) is 13.0 Å². The zero-order chi connectivity index (χ0) is 13.7. The van der Waals surface area contributed by atoms with Crippen LogP contribution >= 0.6 is 0 Å². The highest BCUT2D eigenvalue weighted by Crippen LogP contribution is 2.26. The number of ether oxygens (including phenoxy) is 1. The molecule has 4 nitrogen and oxygen atoms in total. The third kappa shape index (κ3) is 3.24. The average Bonchev–Trinajstić information content (AvgIpc) is 2.29. The van der Waals surface area contributed by atoms with Crippen molar-refractivity contribution in [3.63, 3.8) is 0 Å². The van der Waals surface area contributed by atoms with E-state index in [9.17, 15) is 4.79 Å². The molecule has 0 bridgehead atoms. The Morgan fingerprint density at radius 2 is 2.11 bits per heavy atom. The van der Waals surface area contributed by atoms with Gasteiger partial charge in [-0.05, 0) is 30.5 Å². The van der Waals surface area contributed by atoms with Crippen LogP contribution in [0, 0.1) is 30.1 Å². The summed E-state index contributed by atoms with van der Waals surface area (Å²) in [6.45, 7) is 5.63. The zero-order valence-electron chi connectivity index (χ0n) is 11.2. The van der Waals surface area contributed by atoms with E-state index < -0.39 is 5.92 Å². The maximum absolute atomic E-state index is 12.0. The molecule has 0 spiro atoms. The van der Waals surface area contributed by atoms with Crippen LogP contribution in [0.4, 0.5) is 5.69 Å². The molecular weight excluding hydrogens is 228 g/mol. The molecule has 0 fully saturated rings. The Kier molecular flexibility index (Phi) is 4.73. The van der Waals surface area contributed by atoms with E-state index in [-0.39, 0.29) is 11.8 Å². The van der Waals surface area contributed by atoms with Gasteiger partial charge in [-0.15, -0.1) is 0 Å². The van der Waals surface area contributed by atoms with Gasteiger partial charge in [0.15, 0.2) is 0 Å². The second-order valence-corrected chi connectivity index (χ2v) is 4.54. The minimum atomic E-state index is -0.657. The molecule has 0 saturated heterocycles. The largest absolute Gasteiger partial charge is 0.495 e. The quantitative estimate of drug-likeness (QED) is 0.888. The van der Waals surface area contributed by atoms with E-state index in [0.717, 1.165) is 5.56 Å². The summed E-state index contributed by atoms with van der Waals surface area (Å²) >= 11 is 0. The Morgan fingerprint density at radius 1 is 1.44 bits per heavy atom. The Hall–Kier alpha value is -2.02. The van der Waals surface area contributed by atoms with Crippen molar-refractivity contribution in [1.29, 1.82) is 5.26 Å². The van der Waals surface area contributed by atoms with Crippen molar-refractivity contribution in [2.75, 3.05) is 12.4 Å². The van der Waals surface area contributed by atoms with E-state index in [0.29, 0.717) is 11.4 Å². The zero-order valence-corrected chi connectivity index (χ0v) is 11.2. The van der Waals surface area contributed by atoms with Crippen molar-refractivity contribution < 1.29 is 9.53 Å². The lowest BCUT2D eigenvalue weighted by molar-refractivity contribution is -0.119. The third-order valence-corrected chi connectivity index (χ3v) is 2.70. The molecule has 1 amide bonds. The van der Waals surface area contributed by atoms with Crippen molar-refractivity contribution >= 4 is 11.6 Å². The molecule has 4 heteroatoms. The first-order valence-corrected chi connectivity index (χ1v) is 5.84. The maximum Gasteiger partial charge on any atom is 0.242 e. The molecule has 96 valence electrons. The van der Waals surface area contributed by atoms with E-state index in [2.05, 4.69) is 5.32 Å². The number of aryl methyl sites for hydroxylation is 1. The molecule has 0 aliphatic carbocycles. The van der Waals surface area contributed by atoms with Gasteiger partial charge in [-0.2, -0.15) is 5.26 Å². The van der Waals surface area contributed by atoms with Crippen LogP contribution < -0.4 is 10.1 Å². The fourth-order valence-corrected chi connectivity index (χ4v) is 1.64. The molecule has 0 aliphatic rings. The fraction of sp³-hybridized carbons (Fsp3) is 0.429. The molecule has 0 saturated carbocycles. The summed E-state index contributed by atoms with van der Waals surface area (Å²) < 4.78 is 5.18. The molecular formula is C14H18N2O2. The molecule has 1 aromatic carbocycles. The van der Waals surface area contributed by atoms with Crippen LogP contribution in [0.25, 0.3) is 0 Å². The summed E-state index contributed by atoms with van der Waals surface area (Å²) in [5.74, 6) is -0.383. The summed E-state index contributed by atoms with van der Waals surface area (Å²) in [6, 6.07) is 7.54. The van der Waals surface area contributed by atoms with Gasteiger partial charge in [-0.25, -0.2) is 0 Å². The number of nitriles is 1. The van der Waals surface area contributed by atoms with Gasteiger partial charge in [0.1, 0.15) is 11.7 Å². The predicted octanol–water partition coefficient (Wildman–Crippen LogP) is 2.74. The highest BCUT2D eigenvalue weighted by molar-refractivity contribution is 5.95. The average molecular weight is 246 g/mol. The lowest BCUT2D eigenvalue weighted by Gasteiger charge is -2.15. The summed E-state index contributed by atoms with van der Waals surface area (Å²) in [4.78, 5) is 12.0. The van der Waals surface area contributed by atoms with Gasteiger partial charge in [0.25, 0.3) is 0 Å². The SMILES string of the molecule is COc1ccc(C)cc1NC(=O)C(C#N)C(C)C. The minimum Gasteiger partial charge on any atom is -0.495 e. The second kappa shape index (κ2) is 6.06. The third-order valence-electron chi connectivity index (χ3n) is 2.70. The number of benzene rings is 1. The monoisotopic (exact) mass is 246 g/mol. The Balaban J connectivity index is 2.94. The fourth-order valence-electron chi connectivity index (χ4n) is 1.64. The maximum atomic E-state index is 12.0. The number of methoxy groups -OCH3 is 1. The van der Waals surface area contributed by atoms with Gasteiger partial charge in [-0.1, -0.05) is 19.9 Å². The summed E-state index contributed by atoms with van der Waals surface area (Å²) in [5, 5.41) is 11.7. The van der Waals surface area contributed by atoms with Gasteiger partial charge < -0.3 is 10.1 Å². The van der Waals surface area contributed by atoms with Crippen LogP contribution in [-0.2, 0) is 4.79 Å². The Morgan fingerprint density at radius 3 is 2.61 bits per heavy atom. The molecule has 0 heterocycles. The predicted molar refractivity (Wildman–Crippen MR) is 70.3 cm³/mol. The molecule has 1 rings (SSSR count). The topological polar surface area (TPSA) is 62.1 Å². The standard InChI is InChI=1S/C14H18N2O2/c1-9(2)11(8-15)14(17)16-12-7-10(3)5-6-13(12)18-4/h5-7,9,11H,1-4H3,(H,16,17). The van der Waals surface area contributed by atoms with Crippen LogP contribution in [0.2, 0.25) is 0 Å². The van der Waals surface area contributed by atoms with Crippen molar-refractivity contribution in [2.24, 2.45) is 11.8 Å². The molecule has 1 atom stereocenters. The van der Waals surface area contributed by atoms with Crippen LogP contribution in [0.15, 0.2) is 18.2 Å². The highest BCUT2D eigenvalue weighted by Gasteiger charge is 2.22. The summed E-state index contributed by atoms with van der Waals surface area (Å²) in [7, 11) is 1.55. The van der Waals surface area contributed by atoms with Gasteiger partial charge >= 0.3 is 0 Å². The van der Waals surface area contributed by atoms with E-state index in [1.54, 1.807) is 13.2 Å². The number of hydrogen-bond donors (Lipinski definition) is 1. The normalized spacial score (nSPS) is 11.8. The van der Waals surface area contributed by atoms with Crippen LogP contribution in [0.3, 0.4) is 0 Å². The van der Waals surface area contributed by atoms with Crippen molar-refractivity contribution in [3.05, 3.63) is 23.8 Å². The lowest BCUT2D eigenvalue weighted by Crippen LogP contribution is -2.25.